The van der Waals surface area contributed by atoms with Gasteiger partial charge in [-0.1, -0.05) is 6.07 Å². The lowest BCUT2D eigenvalue weighted by molar-refractivity contribution is -0.383. The minimum Gasteiger partial charge on any atom is -0.486 e. The molecule has 1 aliphatic carbocycles. The smallest absolute Gasteiger partial charge is 0.279 e. The van der Waals surface area contributed by atoms with Crippen molar-refractivity contribution in [3.63, 3.8) is 0 Å². The van der Waals surface area contributed by atoms with Crippen LogP contribution >= 0.6 is 0 Å². The minimum atomic E-state index is -0.331. The highest BCUT2D eigenvalue weighted by molar-refractivity contribution is 5.98. The predicted molar refractivity (Wildman–Crippen MR) is 89.4 cm³/mol. The van der Waals surface area contributed by atoms with E-state index in [2.05, 4.69) is 4.98 Å². The summed E-state index contributed by atoms with van der Waals surface area (Å²) in [5.41, 5.74) is 4.98. The van der Waals surface area contributed by atoms with Crippen molar-refractivity contribution in [2.24, 2.45) is 0 Å². The maximum Gasteiger partial charge on any atom is 0.279 e. The molecule has 0 amide bonds. The maximum absolute atomic E-state index is 11.3. The number of ether oxygens (including phenoxy) is 1. The minimum absolute atomic E-state index is 0.0304. The molecule has 120 valence electrons. The molecule has 1 aromatic heterocycles. The zero-order valence-electron chi connectivity index (χ0n) is 12.7. The molecule has 0 unspecified atom stereocenters. The second kappa shape index (κ2) is 5.49. The van der Waals surface area contributed by atoms with E-state index in [0.717, 1.165) is 40.7 Å². The van der Waals surface area contributed by atoms with Gasteiger partial charge in [-0.25, -0.2) is 0 Å². The van der Waals surface area contributed by atoms with Gasteiger partial charge in [0, 0.05) is 11.6 Å². The van der Waals surface area contributed by atoms with Gasteiger partial charge < -0.3 is 9.72 Å². The van der Waals surface area contributed by atoms with E-state index in [1.165, 1.54) is 0 Å². The van der Waals surface area contributed by atoms with Crippen molar-refractivity contribution < 1.29 is 14.5 Å². The Labute approximate surface area is 137 Å². The average molecular weight is 322 g/mol. The molecule has 0 bridgehead atoms. The second-order valence-electron chi connectivity index (χ2n) is 5.73. The number of carbonyl (C=O) groups is 1. The Balaban J connectivity index is 1.87. The lowest BCUT2D eigenvalue weighted by Crippen LogP contribution is -2.05. The molecular weight excluding hydrogens is 308 g/mol. The number of carbonyl (C=O) groups excluding carboxylic acids is 1. The van der Waals surface area contributed by atoms with Crippen LogP contribution in [0.2, 0.25) is 0 Å². The van der Waals surface area contributed by atoms with Gasteiger partial charge in [0.2, 0.25) is 0 Å². The van der Waals surface area contributed by atoms with Gasteiger partial charge in [-0.2, -0.15) is 0 Å². The third-order valence-electron chi connectivity index (χ3n) is 4.41. The van der Waals surface area contributed by atoms with Crippen LogP contribution in [0.3, 0.4) is 0 Å². The molecule has 0 fully saturated rings. The van der Waals surface area contributed by atoms with Gasteiger partial charge >= 0.3 is 0 Å². The monoisotopic (exact) mass is 322 g/mol. The van der Waals surface area contributed by atoms with Gasteiger partial charge in [0.1, 0.15) is 12.4 Å². The number of aromatic nitrogens is 1. The summed E-state index contributed by atoms with van der Waals surface area (Å²) in [4.78, 5) is 24.8. The van der Waals surface area contributed by atoms with Crippen LogP contribution in [0.25, 0.3) is 22.2 Å². The number of nitrogens with zero attached hydrogens (tertiary/aromatic N) is 1. The van der Waals surface area contributed by atoms with Gasteiger partial charge in [0.05, 0.1) is 21.5 Å². The quantitative estimate of drug-likeness (QED) is 0.453. The number of fused-ring (bicyclic) bond motifs is 5. The second-order valence-corrected chi connectivity index (χ2v) is 5.73. The summed E-state index contributed by atoms with van der Waals surface area (Å²) in [7, 11) is 0. The van der Waals surface area contributed by atoms with Crippen LogP contribution in [0, 0.1) is 10.1 Å². The first-order chi connectivity index (χ1) is 11.7. The number of hydrogen-bond acceptors (Lipinski definition) is 4. The fourth-order valence-electron chi connectivity index (χ4n) is 3.43. The molecule has 0 radical (unpaired) electrons. The van der Waals surface area contributed by atoms with E-state index in [1.807, 2.05) is 24.3 Å². The molecule has 2 aromatic carbocycles. The molecule has 0 saturated heterocycles. The predicted octanol–water partition coefficient (Wildman–Crippen LogP) is 3.42. The van der Waals surface area contributed by atoms with E-state index in [9.17, 15) is 14.9 Å². The zero-order valence-corrected chi connectivity index (χ0v) is 12.7. The van der Waals surface area contributed by atoms with Crippen LogP contribution < -0.4 is 4.74 Å². The Bertz CT molecular complexity index is 975. The fraction of sp³-hybridized carbons (Fsp3) is 0.167. The Morgan fingerprint density at radius 2 is 2.12 bits per heavy atom. The standard InChI is InChI=1S/C18H14N2O4/c21-8-9-24-12-5-7-13-11(10-12)4-6-14-17-15(19-18(13)14)2-1-3-16(17)20(22)23/h1-3,5,7-8,10,19H,4,6,9H2. The van der Waals surface area contributed by atoms with Crippen LogP contribution in [0.15, 0.2) is 36.4 Å². The molecule has 3 aromatic rings. The summed E-state index contributed by atoms with van der Waals surface area (Å²) in [6, 6.07) is 10.8. The summed E-state index contributed by atoms with van der Waals surface area (Å²) in [6.45, 7) is 0.0304. The van der Waals surface area contributed by atoms with Crippen LogP contribution in [0.5, 0.6) is 5.75 Å². The molecule has 24 heavy (non-hydrogen) atoms. The molecular formula is C18H14N2O4. The molecule has 0 spiro atoms. The number of nitro groups is 1. The Hall–Kier alpha value is -3.15. The van der Waals surface area contributed by atoms with Crippen molar-refractivity contribution in [1.82, 2.24) is 4.98 Å². The molecule has 1 aliphatic rings. The highest BCUT2D eigenvalue weighted by atomic mass is 16.6. The topological polar surface area (TPSA) is 85.2 Å². The summed E-state index contributed by atoms with van der Waals surface area (Å²) < 4.78 is 5.35. The molecule has 0 saturated carbocycles. The van der Waals surface area contributed by atoms with Gasteiger partial charge in [-0.15, -0.1) is 0 Å². The van der Waals surface area contributed by atoms with Gasteiger partial charge in [-0.05, 0) is 48.2 Å². The number of rotatable bonds is 4. The first-order valence-electron chi connectivity index (χ1n) is 7.66. The average Bonchev–Trinajstić information content (AvgIpc) is 2.98. The van der Waals surface area contributed by atoms with E-state index < -0.39 is 0 Å². The van der Waals surface area contributed by atoms with Crippen LogP contribution in [0.1, 0.15) is 11.1 Å². The van der Waals surface area contributed by atoms with Crippen LogP contribution in [-0.2, 0) is 17.6 Å². The first kappa shape index (κ1) is 14.4. The van der Waals surface area contributed by atoms with Crippen molar-refractivity contribution in [2.75, 3.05) is 6.61 Å². The van der Waals surface area contributed by atoms with Gasteiger partial charge in [-0.3, -0.25) is 14.9 Å². The Morgan fingerprint density at radius 3 is 2.92 bits per heavy atom. The van der Waals surface area contributed by atoms with Crippen LogP contribution in [0.4, 0.5) is 5.69 Å². The lowest BCUT2D eigenvalue weighted by Gasteiger charge is -2.17. The van der Waals surface area contributed by atoms with Crippen molar-refractivity contribution >= 4 is 22.9 Å². The summed E-state index contributed by atoms with van der Waals surface area (Å²) >= 11 is 0. The molecule has 1 N–H and O–H groups in total. The van der Waals surface area contributed by atoms with Crippen molar-refractivity contribution in [1.29, 1.82) is 0 Å². The highest BCUT2D eigenvalue weighted by Crippen LogP contribution is 2.41. The summed E-state index contributed by atoms with van der Waals surface area (Å²) in [6.07, 6.45) is 2.22. The third kappa shape index (κ3) is 2.15. The van der Waals surface area contributed by atoms with Crippen molar-refractivity contribution in [2.45, 2.75) is 12.8 Å². The van der Waals surface area contributed by atoms with Gasteiger partial charge in [0.15, 0.2) is 6.29 Å². The normalized spacial score (nSPS) is 12.5. The fourth-order valence-corrected chi connectivity index (χ4v) is 3.43. The Kier molecular flexibility index (Phi) is 3.30. The van der Waals surface area contributed by atoms with E-state index in [-0.39, 0.29) is 17.2 Å². The van der Waals surface area contributed by atoms with E-state index in [0.29, 0.717) is 17.4 Å². The van der Waals surface area contributed by atoms with E-state index in [4.69, 9.17) is 4.74 Å². The lowest BCUT2D eigenvalue weighted by atomic mass is 9.88. The molecule has 6 nitrogen and oxygen atoms in total. The highest BCUT2D eigenvalue weighted by Gasteiger charge is 2.25. The largest absolute Gasteiger partial charge is 0.486 e. The third-order valence-corrected chi connectivity index (χ3v) is 4.41. The molecule has 4 rings (SSSR count). The maximum atomic E-state index is 11.3. The number of hydrogen-bond donors (Lipinski definition) is 1. The number of aryl methyl sites for hydroxylation is 2. The number of aromatic amines is 1. The molecule has 0 aliphatic heterocycles. The number of non-ortho nitro benzene ring substituents is 1. The van der Waals surface area contributed by atoms with Crippen molar-refractivity contribution in [3.05, 3.63) is 57.6 Å². The number of nitro benzene ring substituents is 1. The SMILES string of the molecule is O=CCOc1ccc2c(c1)CCc1c-2[nH]c2cccc([N+](=O)[O-])c12. The molecule has 6 heteroatoms. The zero-order chi connectivity index (χ0) is 16.7. The van der Waals surface area contributed by atoms with Crippen LogP contribution in [-0.4, -0.2) is 22.8 Å². The van der Waals surface area contributed by atoms with Gasteiger partial charge in [0.25, 0.3) is 5.69 Å². The number of benzene rings is 2. The number of aldehydes is 1. The van der Waals surface area contributed by atoms with E-state index >= 15 is 0 Å². The number of H-pyrrole nitrogens is 1. The molecule has 1 heterocycles. The summed E-state index contributed by atoms with van der Waals surface area (Å²) in [5.74, 6) is 0.659. The van der Waals surface area contributed by atoms with E-state index in [1.54, 1.807) is 12.1 Å². The number of nitrogens with one attached hydrogen (secondary N) is 1. The Morgan fingerprint density at radius 1 is 1.25 bits per heavy atom. The molecule has 0 atom stereocenters. The van der Waals surface area contributed by atoms with Crippen molar-refractivity contribution in [3.8, 4) is 17.0 Å². The first-order valence-corrected chi connectivity index (χ1v) is 7.66. The summed E-state index contributed by atoms with van der Waals surface area (Å²) in [5, 5.41) is 12.0.